The molecule has 0 aliphatic carbocycles. The van der Waals surface area contributed by atoms with Crippen LogP contribution < -0.4 is 0 Å². The summed E-state index contributed by atoms with van der Waals surface area (Å²) in [7, 11) is 0. The van der Waals surface area contributed by atoms with Crippen LogP contribution in [-0.4, -0.2) is 16.0 Å². The highest BCUT2D eigenvalue weighted by molar-refractivity contribution is 9.08. The van der Waals surface area contributed by atoms with E-state index < -0.39 is 17.3 Å². The van der Waals surface area contributed by atoms with Gasteiger partial charge in [-0.1, -0.05) is 27.5 Å². The standard InChI is InChI=1S/C9H7BrClNO4/c10-4-5-1-6(3-8(13)14)9(12(15)16)7(11)2-5/h1-2H,3-4H2,(H,13,14). The Morgan fingerprint density at radius 2 is 2.19 bits per heavy atom. The lowest BCUT2D eigenvalue weighted by Gasteiger charge is -2.04. The van der Waals surface area contributed by atoms with Crippen molar-refractivity contribution in [2.75, 3.05) is 0 Å². The fourth-order valence-corrected chi connectivity index (χ4v) is 1.95. The van der Waals surface area contributed by atoms with Gasteiger partial charge in [-0.05, 0) is 17.7 Å². The molecule has 0 saturated carbocycles. The minimum absolute atomic E-state index is 0.0433. The number of halogens is 2. The van der Waals surface area contributed by atoms with Gasteiger partial charge in [-0.25, -0.2) is 0 Å². The third-order valence-corrected chi connectivity index (χ3v) is 2.82. The molecule has 0 saturated heterocycles. The average molecular weight is 309 g/mol. The molecule has 0 aliphatic rings. The Hall–Kier alpha value is -1.14. The van der Waals surface area contributed by atoms with Gasteiger partial charge >= 0.3 is 5.97 Å². The Bertz CT molecular complexity index is 449. The number of carboxylic acids is 1. The van der Waals surface area contributed by atoms with Gasteiger partial charge in [-0.15, -0.1) is 0 Å². The Labute approximate surface area is 104 Å². The van der Waals surface area contributed by atoms with E-state index in [0.29, 0.717) is 10.9 Å². The minimum Gasteiger partial charge on any atom is -0.481 e. The highest BCUT2D eigenvalue weighted by atomic mass is 79.9. The first-order valence-electron chi connectivity index (χ1n) is 4.19. The molecule has 0 spiro atoms. The third kappa shape index (κ3) is 2.93. The summed E-state index contributed by atoms with van der Waals surface area (Å²) in [6, 6.07) is 2.91. The summed E-state index contributed by atoms with van der Waals surface area (Å²) >= 11 is 8.91. The molecule has 1 N–H and O–H groups in total. The van der Waals surface area contributed by atoms with E-state index in [1.165, 1.54) is 12.1 Å². The lowest BCUT2D eigenvalue weighted by atomic mass is 10.1. The predicted molar refractivity (Wildman–Crippen MR) is 62.1 cm³/mol. The molecule has 5 nitrogen and oxygen atoms in total. The van der Waals surface area contributed by atoms with Crippen LogP contribution in [-0.2, 0) is 16.5 Å². The van der Waals surface area contributed by atoms with Crippen LogP contribution in [0.1, 0.15) is 11.1 Å². The monoisotopic (exact) mass is 307 g/mol. The zero-order valence-corrected chi connectivity index (χ0v) is 10.3. The lowest BCUT2D eigenvalue weighted by Crippen LogP contribution is -2.05. The van der Waals surface area contributed by atoms with E-state index in [1.807, 2.05) is 0 Å². The summed E-state index contributed by atoms with van der Waals surface area (Å²) in [6.45, 7) is 0. The van der Waals surface area contributed by atoms with Crippen molar-refractivity contribution in [2.45, 2.75) is 11.8 Å². The van der Waals surface area contributed by atoms with Gasteiger partial charge in [-0.3, -0.25) is 14.9 Å². The number of nitro benzene ring substituents is 1. The molecule has 86 valence electrons. The van der Waals surface area contributed by atoms with Gasteiger partial charge in [0.15, 0.2) is 0 Å². The Morgan fingerprint density at radius 3 is 2.62 bits per heavy atom. The van der Waals surface area contributed by atoms with E-state index >= 15 is 0 Å². The van der Waals surface area contributed by atoms with E-state index in [9.17, 15) is 14.9 Å². The predicted octanol–water partition coefficient (Wildman–Crippen LogP) is 2.77. The van der Waals surface area contributed by atoms with E-state index in [-0.39, 0.29) is 16.3 Å². The Kier molecular flexibility index (Phi) is 4.26. The molecule has 0 aromatic heterocycles. The zero-order valence-electron chi connectivity index (χ0n) is 7.94. The second kappa shape index (κ2) is 5.27. The van der Waals surface area contributed by atoms with Gasteiger partial charge in [0.05, 0.1) is 11.3 Å². The van der Waals surface area contributed by atoms with Crippen LogP contribution in [0.5, 0.6) is 0 Å². The molecule has 7 heteroatoms. The van der Waals surface area contributed by atoms with Crippen molar-refractivity contribution in [3.8, 4) is 0 Å². The molecule has 16 heavy (non-hydrogen) atoms. The number of nitro groups is 1. The number of aliphatic carboxylic acids is 1. The molecule has 0 radical (unpaired) electrons. The van der Waals surface area contributed by atoms with Gasteiger partial charge < -0.3 is 5.11 Å². The summed E-state index contributed by atoms with van der Waals surface area (Å²) in [5.74, 6) is -1.13. The van der Waals surface area contributed by atoms with Gasteiger partial charge in [0, 0.05) is 10.9 Å². The third-order valence-electron chi connectivity index (χ3n) is 1.88. The Balaban J connectivity index is 3.34. The summed E-state index contributed by atoms with van der Waals surface area (Å²) in [4.78, 5) is 20.6. The fraction of sp³-hybridized carbons (Fsp3) is 0.222. The zero-order chi connectivity index (χ0) is 12.3. The molecular formula is C9H7BrClNO4. The van der Waals surface area contributed by atoms with Crippen LogP contribution in [0.2, 0.25) is 5.02 Å². The summed E-state index contributed by atoms with van der Waals surface area (Å²) in [5.41, 5.74) is 0.472. The van der Waals surface area contributed by atoms with Crippen LogP contribution in [0.3, 0.4) is 0 Å². The quantitative estimate of drug-likeness (QED) is 0.527. The van der Waals surface area contributed by atoms with Crippen molar-refractivity contribution in [1.82, 2.24) is 0 Å². The van der Waals surface area contributed by atoms with Gasteiger partial charge in [-0.2, -0.15) is 0 Å². The van der Waals surface area contributed by atoms with Gasteiger partial charge in [0.2, 0.25) is 0 Å². The number of rotatable bonds is 4. The number of carbonyl (C=O) groups is 1. The van der Waals surface area contributed by atoms with Crippen molar-refractivity contribution in [1.29, 1.82) is 0 Å². The fourth-order valence-electron chi connectivity index (χ4n) is 1.30. The molecule has 1 aromatic carbocycles. The molecule has 0 unspecified atom stereocenters. The van der Waals surface area contributed by atoms with E-state index in [4.69, 9.17) is 16.7 Å². The Morgan fingerprint density at radius 1 is 1.56 bits per heavy atom. The first-order chi connectivity index (χ1) is 7.45. The van der Waals surface area contributed by atoms with Crippen molar-refractivity contribution >= 4 is 39.2 Å². The molecule has 0 bridgehead atoms. The number of carboxylic acid groups (broad SMARTS) is 1. The average Bonchev–Trinajstić information content (AvgIpc) is 2.14. The first kappa shape index (κ1) is 12.9. The topological polar surface area (TPSA) is 80.4 Å². The first-order valence-corrected chi connectivity index (χ1v) is 5.69. The van der Waals surface area contributed by atoms with Crippen molar-refractivity contribution in [3.05, 3.63) is 38.4 Å². The second-order valence-corrected chi connectivity index (χ2v) is 4.01. The van der Waals surface area contributed by atoms with Gasteiger partial charge in [0.25, 0.3) is 5.69 Å². The lowest BCUT2D eigenvalue weighted by molar-refractivity contribution is -0.385. The van der Waals surface area contributed by atoms with E-state index in [0.717, 1.165) is 0 Å². The van der Waals surface area contributed by atoms with Crippen molar-refractivity contribution in [3.63, 3.8) is 0 Å². The van der Waals surface area contributed by atoms with E-state index in [2.05, 4.69) is 15.9 Å². The maximum Gasteiger partial charge on any atom is 0.308 e. The normalized spacial score (nSPS) is 10.1. The highest BCUT2D eigenvalue weighted by Gasteiger charge is 2.21. The molecule has 1 aromatic rings. The number of nitrogens with zero attached hydrogens (tertiary/aromatic N) is 1. The van der Waals surface area contributed by atoms with Crippen LogP contribution >= 0.6 is 27.5 Å². The molecule has 0 fully saturated rings. The van der Waals surface area contributed by atoms with Crippen LogP contribution in [0.15, 0.2) is 12.1 Å². The van der Waals surface area contributed by atoms with Crippen LogP contribution in [0.25, 0.3) is 0 Å². The molecule has 0 heterocycles. The molecule has 0 atom stereocenters. The summed E-state index contributed by atoms with van der Waals surface area (Å²) in [6.07, 6.45) is -0.420. The molecule has 0 amide bonds. The van der Waals surface area contributed by atoms with Crippen LogP contribution in [0, 0.1) is 10.1 Å². The van der Waals surface area contributed by atoms with Crippen molar-refractivity contribution < 1.29 is 14.8 Å². The summed E-state index contributed by atoms with van der Waals surface area (Å²) < 4.78 is 0. The highest BCUT2D eigenvalue weighted by Crippen LogP contribution is 2.31. The number of hydrogen-bond acceptors (Lipinski definition) is 3. The molecular weight excluding hydrogens is 301 g/mol. The number of hydrogen-bond donors (Lipinski definition) is 1. The number of benzene rings is 1. The molecule has 0 aliphatic heterocycles. The van der Waals surface area contributed by atoms with E-state index in [1.54, 1.807) is 0 Å². The molecule has 1 rings (SSSR count). The number of alkyl halides is 1. The van der Waals surface area contributed by atoms with Crippen molar-refractivity contribution in [2.24, 2.45) is 0 Å². The minimum atomic E-state index is -1.13. The van der Waals surface area contributed by atoms with Gasteiger partial charge in [0.1, 0.15) is 5.02 Å². The smallest absolute Gasteiger partial charge is 0.308 e. The SMILES string of the molecule is O=C(O)Cc1cc(CBr)cc(Cl)c1[N+](=O)[O-]. The summed E-state index contributed by atoms with van der Waals surface area (Å²) in [5, 5.41) is 19.8. The maximum absolute atomic E-state index is 10.7. The van der Waals surface area contributed by atoms with Crippen LogP contribution in [0.4, 0.5) is 5.69 Å². The second-order valence-electron chi connectivity index (χ2n) is 3.05. The maximum atomic E-state index is 10.7. The largest absolute Gasteiger partial charge is 0.481 e.